The molecular weight excluding hydrogens is 342 g/mol. The molecule has 1 N–H and O–H groups in total. The van der Waals surface area contributed by atoms with Crippen LogP contribution in [0.2, 0.25) is 0 Å². The van der Waals surface area contributed by atoms with Gasteiger partial charge in [0.25, 0.3) is 5.91 Å². The molecule has 2 heterocycles. The smallest absolute Gasteiger partial charge is 0.258 e. The number of rotatable bonds is 5. The summed E-state index contributed by atoms with van der Waals surface area (Å²) in [4.78, 5) is 37.4. The number of nitrogens with zero attached hydrogens (tertiary/aromatic N) is 4. The Morgan fingerprint density at radius 1 is 1.22 bits per heavy atom. The highest BCUT2D eigenvalue weighted by molar-refractivity contribution is 5.98. The van der Waals surface area contributed by atoms with Gasteiger partial charge in [0.15, 0.2) is 0 Å². The van der Waals surface area contributed by atoms with Crippen molar-refractivity contribution >= 4 is 11.8 Å². The second-order valence-electron chi connectivity index (χ2n) is 6.69. The molecular formula is C20H25N5O2. The average Bonchev–Trinajstić information content (AvgIpc) is 2.72. The second-order valence-corrected chi connectivity index (χ2v) is 6.69. The summed E-state index contributed by atoms with van der Waals surface area (Å²) in [7, 11) is 1.60. The minimum absolute atomic E-state index is 0.151. The monoisotopic (exact) mass is 367 g/mol. The molecule has 142 valence electrons. The van der Waals surface area contributed by atoms with E-state index in [4.69, 9.17) is 0 Å². The first-order valence-electron chi connectivity index (χ1n) is 9.15. The number of nitrogens with one attached hydrogen (secondary N) is 1. The lowest BCUT2D eigenvalue weighted by Crippen LogP contribution is -2.60. The molecule has 1 aliphatic heterocycles. The van der Waals surface area contributed by atoms with Gasteiger partial charge in [-0.25, -0.2) is 9.97 Å². The van der Waals surface area contributed by atoms with Gasteiger partial charge >= 0.3 is 0 Å². The second kappa shape index (κ2) is 8.73. The highest BCUT2D eigenvalue weighted by Crippen LogP contribution is 2.16. The molecule has 1 fully saturated rings. The van der Waals surface area contributed by atoms with Crippen LogP contribution in [0.5, 0.6) is 0 Å². The first-order chi connectivity index (χ1) is 13.1. The Morgan fingerprint density at radius 2 is 2.00 bits per heavy atom. The summed E-state index contributed by atoms with van der Waals surface area (Å²) in [5, 5.41) is 2.69. The number of hydrogen-bond donors (Lipinski definition) is 1. The highest BCUT2D eigenvalue weighted by Gasteiger charge is 2.35. The Morgan fingerprint density at radius 3 is 2.70 bits per heavy atom. The van der Waals surface area contributed by atoms with Crippen molar-refractivity contribution in [3.63, 3.8) is 0 Å². The molecule has 2 aromatic rings. The molecule has 1 atom stereocenters. The fourth-order valence-corrected chi connectivity index (χ4v) is 3.36. The maximum Gasteiger partial charge on any atom is 0.258 e. The van der Waals surface area contributed by atoms with Crippen LogP contribution in [0.4, 0.5) is 0 Å². The normalized spacial score (nSPS) is 17.6. The average molecular weight is 367 g/mol. The summed E-state index contributed by atoms with van der Waals surface area (Å²) >= 11 is 0. The molecule has 7 nitrogen and oxygen atoms in total. The van der Waals surface area contributed by atoms with Crippen LogP contribution in [-0.2, 0) is 11.2 Å². The van der Waals surface area contributed by atoms with E-state index in [0.717, 1.165) is 19.5 Å². The van der Waals surface area contributed by atoms with E-state index in [2.05, 4.69) is 32.3 Å². The Bertz CT molecular complexity index is 796. The van der Waals surface area contributed by atoms with Crippen LogP contribution in [0.15, 0.2) is 42.9 Å². The number of amides is 2. The van der Waals surface area contributed by atoms with E-state index in [1.165, 1.54) is 18.1 Å². The van der Waals surface area contributed by atoms with Crippen LogP contribution >= 0.6 is 0 Å². The number of aromatic nitrogens is 2. The van der Waals surface area contributed by atoms with Gasteiger partial charge in [0.1, 0.15) is 12.4 Å². The van der Waals surface area contributed by atoms with Crippen LogP contribution in [0.3, 0.4) is 0 Å². The molecule has 2 amide bonds. The predicted octanol–water partition coefficient (Wildman–Crippen LogP) is 0.900. The van der Waals surface area contributed by atoms with Gasteiger partial charge in [0.2, 0.25) is 5.91 Å². The van der Waals surface area contributed by atoms with Crippen molar-refractivity contribution in [1.82, 2.24) is 25.1 Å². The van der Waals surface area contributed by atoms with E-state index in [-0.39, 0.29) is 11.8 Å². The minimum Gasteiger partial charge on any atom is -0.357 e. The number of benzene rings is 1. The molecule has 0 radical (unpaired) electrons. The molecule has 1 saturated heterocycles. The maximum atomic E-state index is 13.0. The van der Waals surface area contributed by atoms with Crippen LogP contribution in [0.25, 0.3) is 0 Å². The van der Waals surface area contributed by atoms with E-state index >= 15 is 0 Å². The van der Waals surface area contributed by atoms with Gasteiger partial charge in [-0.15, -0.1) is 0 Å². The van der Waals surface area contributed by atoms with Gasteiger partial charge in [-0.05, 0) is 18.9 Å². The van der Waals surface area contributed by atoms with Crippen molar-refractivity contribution in [1.29, 1.82) is 0 Å². The molecule has 1 aromatic heterocycles. The standard InChI is InChI=1S/C20H25N5O2/c1-15-17(12-22-14-23-15)20(27)25-11-10-24(13-18(25)19(26)21-2)9-8-16-6-4-3-5-7-16/h3-7,12,14,18H,8-11,13H2,1-2H3,(H,21,26). The zero-order valence-corrected chi connectivity index (χ0v) is 15.8. The first kappa shape index (κ1) is 19.0. The molecule has 3 rings (SSSR count). The summed E-state index contributed by atoms with van der Waals surface area (Å²) in [6.07, 6.45) is 3.86. The summed E-state index contributed by atoms with van der Waals surface area (Å²) in [6.45, 7) is 4.39. The number of carbonyl (C=O) groups excluding carboxylic acids is 2. The molecule has 0 spiro atoms. The molecule has 0 saturated carbocycles. The predicted molar refractivity (Wildman–Crippen MR) is 102 cm³/mol. The van der Waals surface area contributed by atoms with Gasteiger partial charge in [-0.2, -0.15) is 0 Å². The first-order valence-corrected chi connectivity index (χ1v) is 9.15. The maximum absolute atomic E-state index is 13.0. The molecule has 1 unspecified atom stereocenters. The number of carbonyl (C=O) groups is 2. The summed E-state index contributed by atoms with van der Waals surface area (Å²) in [5.41, 5.74) is 2.34. The topological polar surface area (TPSA) is 78.4 Å². The van der Waals surface area contributed by atoms with E-state index in [9.17, 15) is 9.59 Å². The molecule has 1 aromatic carbocycles. The molecule has 0 bridgehead atoms. The van der Waals surface area contributed by atoms with Crippen molar-refractivity contribution in [2.45, 2.75) is 19.4 Å². The lowest BCUT2D eigenvalue weighted by atomic mass is 10.1. The Hall–Kier alpha value is -2.80. The third-order valence-electron chi connectivity index (χ3n) is 4.98. The number of piperazine rings is 1. The SMILES string of the molecule is CNC(=O)C1CN(CCc2ccccc2)CCN1C(=O)c1cncnc1C. The fraction of sp³-hybridized carbons (Fsp3) is 0.400. The van der Waals surface area contributed by atoms with Gasteiger partial charge in [0, 0.05) is 39.4 Å². The third kappa shape index (κ3) is 4.49. The van der Waals surface area contributed by atoms with Crippen molar-refractivity contribution in [3.05, 3.63) is 59.7 Å². The van der Waals surface area contributed by atoms with Crippen LogP contribution in [-0.4, -0.2) is 70.9 Å². The van der Waals surface area contributed by atoms with Crippen LogP contribution < -0.4 is 5.32 Å². The number of aryl methyl sites for hydroxylation is 1. The highest BCUT2D eigenvalue weighted by atomic mass is 16.2. The van der Waals surface area contributed by atoms with Crippen molar-refractivity contribution < 1.29 is 9.59 Å². The quantitative estimate of drug-likeness (QED) is 0.850. The van der Waals surface area contributed by atoms with E-state index in [1.807, 2.05) is 18.2 Å². The molecule has 7 heteroatoms. The van der Waals surface area contributed by atoms with Gasteiger partial charge < -0.3 is 10.2 Å². The molecule has 1 aliphatic rings. The third-order valence-corrected chi connectivity index (χ3v) is 4.98. The minimum atomic E-state index is -0.522. The van der Waals surface area contributed by atoms with Gasteiger partial charge in [-0.1, -0.05) is 30.3 Å². The van der Waals surface area contributed by atoms with Gasteiger partial charge in [0.05, 0.1) is 11.3 Å². The van der Waals surface area contributed by atoms with Crippen molar-refractivity contribution in [3.8, 4) is 0 Å². The Balaban J connectivity index is 1.70. The van der Waals surface area contributed by atoms with Gasteiger partial charge in [-0.3, -0.25) is 14.5 Å². The zero-order chi connectivity index (χ0) is 19.2. The van der Waals surface area contributed by atoms with E-state index in [1.54, 1.807) is 18.9 Å². The zero-order valence-electron chi connectivity index (χ0n) is 15.8. The van der Waals surface area contributed by atoms with Crippen LogP contribution in [0, 0.1) is 6.92 Å². The van der Waals surface area contributed by atoms with Crippen molar-refractivity contribution in [2.75, 3.05) is 33.2 Å². The summed E-state index contributed by atoms with van der Waals surface area (Å²) < 4.78 is 0. The lowest BCUT2D eigenvalue weighted by Gasteiger charge is -2.40. The summed E-state index contributed by atoms with van der Waals surface area (Å²) in [5.74, 6) is -0.341. The van der Waals surface area contributed by atoms with E-state index in [0.29, 0.717) is 24.3 Å². The molecule has 27 heavy (non-hydrogen) atoms. The largest absolute Gasteiger partial charge is 0.357 e. The summed E-state index contributed by atoms with van der Waals surface area (Å²) in [6, 6.07) is 9.76. The fourth-order valence-electron chi connectivity index (χ4n) is 3.36. The Labute approximate surface area is 159 Å². The van der Waals surface area contributed by atoms with Crippen molar-refractivity contribution in [2.24, 2.45) is 0 Å². The van der Waals surface area contributed by atoms with Crippen LogP contribution in [0.1, 0.15) is 21.6 Å². The number of likely N-dealkylation sites (N-methyl/N-ethyl adjacent to an activating group) is 1. The lowest BCUT2D eigenvalue weighted by molar-refractivity contribution is -0.127. The molecule has 0 aliphatic carbocycles. The number of hydrogen-bond acceptors (Lipinski definition) is 5. The Kier molecular flexibility index (Phi) is 6.13. The van der Waals surface area contributed by atoms with E-state index < -0.39 is 6.04 Å².